The Morgan fingerprint density at radius 1 is 1.11 bits per heavy atom. The predicted molar refractivity (Wildman–Crippen MR) is 142 cm³/mol. The molecule has 0 saturated carbocycles. The van der Waals surface area contributed by atoms with E-state index in [9.17, 15) is 18.0 Å². The van der Waals surface area contributed by atoms with Crippen LogP contribution in [-0.4, -0.2) is 46.4 Å². The summed E-state index contributed by atoms with van der Waals surface area (Å²) in [4.78, 5) is 28.0. The standard InChI is InChI=1S/C27H27F3N6OS/c28-27(29,30)21-5-1-3-19(13-21)24-20(4-2-9-32-24)16-31-15-18-7-11-36(12-8-18)25-33-10-6-22(35-25)14-23-17-34-26(37)38-23/h1-6,9-10,13-14,18,31H,7-8,11-12,15-17H2,(H,34,37)/b23-14-. The quantitative estimate of drug-likeness (QED) is 0.418. The minimum atomic E-state index is -4.39. The van der Waals surface area contributed by atoms with Crippen molar-refractivity contribution in [1.82, 2.24) is 25.6 Å². The Bertz CT molecular complexity index is 1320. The minimum Gasteiger partial charge on any atom is -0.342 e. The molecule has 0 aliphatic carbocycles. The summed E-state index contributed by atoms with van der Waals surface area (Å²) < 4.78 is 39.5. The van der Waals surface area contributed by atoms with Gasteiger partial charge in [0.2, 0.25) is 5.95 Å². The fraction of sp³-hybridized carbons (Fsp3) is 0.333. The molecule has 2 fully saturated rings. The third-order valence-corrected chi connectivity index (χ3v) is 7.46. The predicted octanol–water partition coefficient (Wildman–Crippen LogP) is 5.36. The summed E-state index contributed by atoms with van der Waals surface area (Å²) in [6.07, 6.45) is 2.82. The molecule has 5 rings (SSSR count). The van der Waals surface area contributed by atoms with Crippen molar-refractivity contribution in [1.29, 1.82) is 0 Å². The number of benzene rings is 1. The maximum atomic E-state index is 13.2. The number of hydrogen-bond acceptors (Lipinski definition) is 7. The summed E-state index contributed by atoms with van der Waals surface area (Å²) in [6.45, 7) is 3.53. The molecule has 0 atom stereocenters. The first-order chi connectivity index (χ1) is 18.3. The van der Waals surface area contributed by atoms with Gasteiger partial charge in [-0.2, -0.15) is 13.2 Å². The van der Waals surface area contributed by atoms with Crippen molar-refractivity contribution in [3.05, 3.63) is 76.6 Å². The fourth-order valence-electron chi connectivity index (χ4n) is 4.62. The second kappa shape index (κ2) is 11.5. The molecular formula is C27H27F3N6OS. The van der Waals surface area contributed by atoms with Gasteiger partial charge in [0, 0.05) is 42.5 Å². The first-order valence-electron chi connectivity index (χ1n) is 12.4. The maximum absolute atomic E-state index is 13.2. The molecule has 38 heavy (non-hydrogen) atoms. The topological polar surface area (TPSA) is 83.0 Å². The largest absolute Gasteiger partial charge is 0.416 e. The Hall–Kier alpha value is -3.44. The lowest BCUT2D eigenvalue weighted by Crippen LogP contribution is -2.38. The number of aromatic nitrogens is 3. The molecule has 1 amide bonds. The number of nitrogens with zero attached hydrogens (tertiary/aromatic N) is 4. The van der Waals surface area contributed by atoms with E-state index in [1.54, 1.807) is 24.5 Å². The number of halogens is 3. The molecule has 198 valence electrons. The molecule has 2 aliphatic heterocycles. The molecule has 0 spiro atoms. The zero-order chi connectivity index (χ0) is 26.5. The number of thioether (sulfide) groups is 1. The number of carbonyl (C=O) groups is 1. The molecule has 2 saturated heterocycles. The van der Waals surface area contributed by atoms with E-state index >= 15 is 0 Å². The van der Waals surface area contributed by atoms with Crippen LogP contribution in [0.4, 0.5) is 23.9 Å². The minimum absolute atomic E-state index is 0.0448. The number of alkyl halides is 3. The van der Waals surface area contributed by atoms with Crippen molar-refractivity contribution >= 4 is 29.0 Å². The highest BCUT2D eigenvalue weighted by Gasteiger charge is 2.30. The smallest absolute Gasteiger partial charge is 0.342 e. The number of piperidine rings is 1. The van der Waals surface area contributed by atoms with Gasteiger partial charge in [-0.05, 0) is 73.0 Å². The van der Waals surface area contributed by atoms with Gasteiger partial charge in [0.1, 0.15) is 0 Å². The van der Waals surface area contributed by atoms with Crippen LogP contribution in [0.15, 0.2) is 59.8 Å². The monoisotopic (exact) mass is 540 g/mol. The summed E-state index contributed by atoms with van der Waals surface area (Å²) in [6, 6.07) is 10.8. The molecule has 2 aromatic heterocycles. The van der Waals surface area contributed by atoms with Gasteiger partial charge in [0.15, 0.2) is 0 Å². The summed E-state index contributed by atoms with van der Waals surface area (Å²) in [5.41, 5.74) is 1.98. The van der Waals surface area contributed by atoms with Crippen LogP contribution >= 0.6 is 11.8 Å². The highest BCUT2D eigenvalue weighted by Crippen LogP contribution is 2.32. The Balaban J connectivity index is 1.15. The average molecular weight is 541 g/mol. The van der Waals surface area contributed by atoms with Crippen molar-refractivity contribution in [3.8, 4) is 11.3 Å². The van der Waals surface area contributed by atoms with E-state index in [0.29, 0.717) is 36.2 Å². The lowest BCUT2D eigenvalue weighted by Gasteiger charge is -2.32. The van der Waals surface area contributed by atoms with Crippen LogP contribution in [0.2, 0.25) is 0 Å². The molecule has 0 radical (unpaired) electrons. The van der Waals surface area contributed by atoms with Gasteiger partial charge >= 0.3 is 6.18 Å². The Morgan fingerprint density at radius 3 is 2.71 bits per heavy atom. The Morgan fingerprint density at radius 2 is 1.95 bits per heavy atom. The number of hydrogen-bond donors (Lipinski definition) is 2. The Labute approximate surface area is 223 Å². The van der Waals surface area contributed by atoms with Gasteiger partial charge in [-0.1, -0.05) is 18.2 Å². The van der Waals surface area contributed by atoms with Crippen molar-refractivity contribution in [2.75, 3.05) is 31.1 Å². The molecule has 2 N–H and O–H groups in total. The molecule has 11 heteroatoms. The van der Waals surface area contributed by atoms with Gasteiger partial charge in [-0.15, -0.1) is 0 Å². The van der Waals surface area contributed by atoms with Crippen LogP contribution in [0.3, 0.4) is 0 Å². The second-order valence-corrected chi connectivity index (χ2v) is 10.4. The van der Waals surface area contributed by atoms with Crippen LogP contribution < -0.4 is 15.5 Å². The van der Waals surface area contributed by atoms with E-state index in [2.05, 4.69) is 30.5 Å². The van der Waals surface area contributed by atoms with Crippen molar-refractivity contribution < 1.29 is 18.0 Å². The van der Waals surface area contributed by atoms with E-state index < -0.39 is 11.7 Å². The SMILES string of the molecule is O=C1NC/C(=C/c2ccnc(N3CCC(CNCc4cccnc4-c4cccc(C(F)(F)F)c4)CC3)n2)S1. The molecule has 7 nitrogen and oxygen atoms in total. The first-order valence-corrected chi connectivity index (χ1v) is 13.2. The lowest BCUT2D eigenvalue weighted by molar-refractivity contribution is -0.137. The fourth-order valence-corrected chi connectivity index (χ4v) is 5.33. The van der Waals surface area contributed by atoms with E-state index in [1.165, 1.54) is 17.8 Å². The van der Waals surface area contributed by atoms with Gasteiger partial charge < -0.3 is 15.5 Å². The summed E-state index contributed by atoms with van der Waals surface area (Å²) in [5.74, 6) is 1.16. The van der Waals surface area contributed by atoms with Crippen LogP contribution in [0.25, 0.3) is 17.3 Å². The van der Waals surface area contributed by atoms with Crippen molar-refractivity contribution in [3.63, 3.8) is 0 Å². The van der Waals surface area contributed by atoms with Crippen LogP contribution in [0, 0.1) is 5.92 Å². The zero-order valence-electron chi connectivity index (χ0n) is 20.5. The average Bonchev–Trinajstić information content (AvgIpc) is 3.33. The maximum Gasteiger partial charge on any atom is 0.416 e. The van der Waals surface area contributed by atoms with Crippen molar-refractivity contribution in [2.24, 2.45) is 5.92 Å². The second-order valence-electron chi connectivity index (χ2n) is 9.29. The molecule has 3 aromatic rings. The first kappa shape index (κ1) is 26.2. The normalized spacial score (nSPS) is 17.7. The number of nitrogens with one attached hydrogen (secondary N) is 2. The highest BCUT2D eigenvalue weighted by molar-refractivity contribution is 8.17. The van der Waals surface area contributed by atoms with E-state index in [1.807, 2.05) is 18.2 Å². The van der Waals surface area contributed by atoms with Gasteiger partial charge in [-0.25, -0.2) is 9.97 Å². The third-order valence-electron chi connectivity index (χ3n) is 6.60. The lowest BCUT2D eigenvalue weighted by atomic mass is 9.96. The number of amides is 1. The summed E-state index contributed by atoms with van der Waals surface area (Å²) >= 11 is 1.19. The molecule has 1 aromatic carbocycles. The van der Waals surface area contributed by atoms with Crippen molar-refractivity contribution in [2.45, 2.75) is 25.6 Å². The van der Waals surface area contributed by atoms with Crippen LogP contribution in [0.1, 0.15) is 29.7 Å². The molecule has 0 unspecified atom stereocenters. The third kappa shape index (κ3) is 6.51. The summed E-state index contributed by atoms with van der Waals surface area (Å²) in [5, 5.41) is 6.20. The highest BCUT2D eigenvalue weighted by atomic mass is 32.2. The number of carbonyl (C=O) groups excluding carboxylic acids is 1. The van der Waals surface area contributed by atoms with Gasteiger partial charge in [0.25, 0.3) is 5.24 Å². The molecule has 4 heterocycles. The molecule has 0 bridgehead atoms. The van der Waals surface area contributed by atoms with Crippen LogP contribution in [0.5, 0.6) is 0 Å². The number of anilines is 1. The van der Waals surface area contributed by atoms with Crippen LogP contribution in [-0.2, 0) is 12.7 Å². The van der Waals surface area contributed by atoms with Gasteiger partial charge in [0.05, 0.1) is 23.5 Å². The molecular weight excluding hydrogens is 513 g/mol. The number of pyridine rings is 1. The van der Waals surface area contributed by atoms with E-state index in [-0.39, 0.29) is 5.24 Å². The molecule has 2 aliphatic rings. The van der Waals surface area contributed by atoms with E-state index in [4.69, 9.17) is 0 Å². The zero-order valence-corrected chi connectivity index (χ0v) is 21.4. The Kier molecular flexibility index (Phi) is 7.94. The van der Waals surface area contributed by atoms with Gasteiger partial charge in [-0.3, -0.25) is 9.78 Å². The van der Waals surface area contributed by atoms with E-state index in [0.717, 1.165) is 60.8 Å². The summed E-state index contributed by atoms with van der Waals surface area (Å²) in [7, 11) is 0. The number of rotatable bonds is 7.